The van der Waals surface area contributed by atoms with E-state index in [2.05, 4.69) is 0 Å². The van der Waals surface area contributed by atoms with Crippen LogP contribution in [0.15, 0.2) is 72.8 Å². The quantitative estimate of drug-likeness (QED) is 0.505. The molecule has 1 N–H and O–H groups in total. The second kappa shape index (κ2) is 9.34. The van der Waals surface area contributed by atoms with Gasteiger partial charge in [-0.05, 0) is 36.4 Å². The van der Waals surface area contributed by atoms with Crippen molar-refractivity contribution in [2.24, 2.45) is 0 Å². The largest absolute Gasteiger partial charge is 0.493 e. The van der Waals surface area contributed by atoms with E-state index in [0.29, 0.717) is 34.1 Å². The van der Waals surface area contributed by atoms with Crippen molar-refractivity contribution in [3.63, 3.8) is 0 Å². The van der Waals surface area contributed by atoms with Gasteiger partial charge in [0.2, 0.25) is 0 Å². The van der Waals surface area contributed by atoms with Crippen molar-refractivity contribution in [2.45, 2.75) is 12.0 Å². The maximum Gasteiger partial charge on any atom is 0.264 e. The molecule has 0 fully saturated rings. The Kier molecular flexibility index (Phi) is 6.33. The van der Waals surface area contributed by atoms with Crippen LogP contribution >= 0.6 is 0 Å². The van der Waals surface area contributed by atoms with Gasteiger partial charge in [0.15, 0.2) is 22.9 Å². The Morgan fingerprint density at radius 3 is 2.36 bits per heavy atom. The van der Waals surface area contributed by atoms with Gasteiger partial charge in [-0.1, -0.05) is 36.4 Å². The highest BCUT2D eigenvalue weighted by Gasteiger charge is 2.50. The standard InChI is InChI=1S/C26H25NO6/c1-31-23-13-12-18(16-24(23)32-2)22(28)17-26(30)20-10-6-7-11-21(20)27(25(26)29)14-15-33-19-8-4-3-5-9-19/h3-13,16,30H,14-15,17H2,1-2H3/t26-/m1/s1. The van der Waals surface area contributed by atoms with Gasteiger partial charge in [0.1, 0.15) is 12.4 Å². The molecule has 7 nitrogen and oxygen atoms in total. The van der Waals surface area contributed by atoms with Crippen molar-refractivity contribution in [1.82, 2.24) is 0 Å². The van der Waals surface area contributed by atoms with Gasteiger partial charge in [0.25, 0.3) is 5.91 Å². The molecule has 3 aromatic carbocycles. The van der Waals surface area contributed by atoms with Gasteiger partial charge in [-0.3, -0.25) is 9.59 Å². The summed E-state index contributed by atoms with van der Waals surface area (Å²) in [6, 6.07) is 21.0. The molecule has 1 amide bonds. The van der Waals surface area contributed by atoms with Crippen molar-refractivity contribution in [1.29, 1.82) is 0 Å². The first-order valence-electron chi connectivity index (χ1n) is 10.5. The number of para-hydroxylation sites is 2. The topological polar surface area (TPSA) is 85.3 Å². The van der Waals surface area contributed by atoms with Crippen molar-refractivity contribution in [2.75, 3.05) is 32.3 Å². The molecule has 33 heavy (non-hydrogen) atoms. The van der Waals surface area contributed by atoms with E-state index < -0.39 is 17.9 Å². The maximum absolute atomic E-state index is 13.3. The molecular weight excluding hydrogens is 422 g/mol. The number of aliphatic hydroxyl groups is 1. The SMILES string of the molecule is COc1ccc(C(=O)C[C@]2(O)C(=O)N(CCOc3ccccc3)c3ccccc32)cc1OC. The summed E-state index contributed by atoms with van der Waals surface area (Å²) in [6.07, 6.45) is -0.394. The van der Waals surface area contributed by atoms with E-state index in [4.69, 9.17) is 14.2 Å². The fraction of sp³-hybridized carbons (Fsp3) is 0.231. The summed E-state index contributed by atoms with van der Waals surface area (Å²) < 4.78 is 16.2. The molecule has 1 aliphatic heterocycles. The molecule has 0 bridgehead atoms. The van der Waals surface area contributed by atoms with Crippen LogP contribution in [0.3, 0.4) is 0 Å². The van der Waals surface area contributed by atoms with Crippen molar-refractivity contribution < 1.29 is 28.9 Å². The lowest BCUT2D eigenvalue weighted by atomic mass is 9.88. The minimum absolute atomic E-state index is 0.234. The first kappa shape index (κ1) is 22.4. The fourth-order valence-electron chi connectivity index (χ4n) is 4.02. The summed E-state index contributed by atoms with van der Waals surface area (Å²) in [5.74, 6) is 0.641. The molecule has 1 atom stereocenters. The third-order valence-electron chi connectivity index (χ3n) is 5.69. The van der Waals surface area contributed by atoms with Crippen LogP contribution in [0, 0.1) is 0 Å². The van der Waals surface area contributed by atoms with E-state index in [1.165, 1.54) is 19.1 Å². The van der Waals surface area contributed by atoms with E-state index in [1.807, 2.05) is 30.3 Å². The number of methoxy groups -OCH3 is 2. The number of amides is 1. The highest BCUT2D eigenvalue weighted by atomic mass is 16.5. The highest BCUT2D eigenvalue weighted by Crippen LogP contribution is 2.43. The van der Waals surface area contributed by atoms with Crippen LogP contribution in [0.4, 0.5) is 5.69 Å². The maximum atomic E-state index is 13.3. The van der Waals surface area contributed by atoms with Crippen molar-refractivity contribution >= 4 is 17.4 Å². The molecule has 1 heterocycles. The molecule has 0 aromatic heterocycles. The number of ether oxygens (including phenoxy) is 3. The van der Waals surface area contributed by atoms with Gasteiger partial charge >= 0.3 is 0 Å². The van der Waals surface area contributed by atoms with Crippen LogP contribution in [-0.2, 0) is 10.4 Å². The molecule has 0 aliphatic carbocycles. The molecule has 170 valence electrons. The Morgan fingerprint density at radius 2 is 1.64 bits per heavy atom. The summed E-state index contributed by atoms with van der Waals surface area (Å²) in [7, 11) is 2.98. The molecule has 0 radical (unpaired) electrons. The van der Waals surface area contributed by atoms with E-state index in [0.717, 1.165) is 0 Å². The Morgan fingerprint density at radius 1 is 0.939 bits per heavy atom. The number of nitrogens with zero attached hydrogens (tertiary/aromatic N) is 1. The lowest BCUT2D eigenvalue weighted by molar-refractivity contribution is -0.135. The first-order valence-corrected chi connectivity index (χ1v) is 10.5. The van der Waals surface area contributed by atoms with Gasteiger partial charge in [-0.2, -0.15) is 0 Å². The van der Waals surface area contributed by atoms with Crippen LogP contribution in [-0.4, -0.2) is 44.2 Å². The molecule has 0 unspecified atom stereocenters. The van der Waals surface area contributed by atoms with Gasteiger partial charge in [0, 0.05) is 11.1 Å². The van der Waals surface area contributed by atoms with Crippen LogP contribution in [0.5, 0.6) is 17.2 Å². The Balaban J connectivity index is 1.55. The predicted molar refractivity (Wildman–Crippen MR) is 123 cm³/mol. The molecule has 7 heteroatoms. The van der Waals surface area contributed by atoms with Crippen LogP contribution < -0.4 is 19.1 Å². The van der Waals surface area contributed by atoms with Crippen LogP contribution in [0.2, 0.25) is 0 Å². The second-order valence-electron chi connectivity index (χ2n) is 7.67. The zero-order valence-electron chi connectivity index (χ0n) is 18.5. The number of hydrogen-bond donors (Lipinski definition) is 1. The first-order chi connectivity index (χ1) is 16.0. The number of Topliss-reactive ketones (excluding diaryl/α,β-unsaturated/α-hetero) is 1. The molecule has 0 saturated carbocycles. The zero-order chi connectivity index (χ0) is 23.4. The number of fused-ring (bicyclic) bond motifs is 1. The second-order valence-corrected chi connectivity index (χ2v) is 7.67. The smallest absolute Gasteiger partial charge is 0.264 e. The van der Waals surface area contributed by atoms with Crippen LogP contribution in [0.25, 0.3) is 0 Å². The van der Waals surface area contributed by atoms with Crippen molar-refractivity contribution in [3.05, 3.63) is 83.9 Å². The third-order valence-corrected chi connectivity index (χ3v) is 5.69. The summed E-state index contributed by atoms with van der Waals surface area (Å²) in [5, 5.41) is 11.4. The van der Waals surface area contributed by atoms with Gasteiger partial charge in [-0.15, -0.1) is 0 Å². The minimum atomic E-state index is -1.96. The summed E-state index contributed by atoms with van der Waals surface area (Å²) in [6.45, 7) is 0.474. The van der Waals surface area contributed by atoms with E-state index in [-0.39, 0.29) is 18.9 Å². The van der Waals surface area contributed by atoms with E-state index >= 15 is 0 Å². The lowest BCUT2D eigenvalue weighted by Gasteiger charge is -2.23. The van der Waals surface area contributed by atoms with E-state index in [9.17, 15) is 14.7 Å². The number of carbonyl (C=O) groups excluding carboxylic acids is 2. The number of hydrogen-bond acceptors (Lipinski definition) is 6. The summed E-state index contributed by atoms with van der Waals surface area (Å²) >= 11 is 0. The number of benzene rings is 3. The summed E-state index contributed by atoms with van der Waals surface area (Å²) in [4.78, 5) is 27.9. The average molecular weight is 447 g/mol. The normalized spacial score (nSPS) is 16.9. The molecule has 1 aliphatic rings. The van der Waals surface area contributed by atoms with Gasteiger partial charge in [-0.25, -0.2) is 0 Å². The minimum Gasteiger partial charge on any atom is -0.493 e. The fourth-order valence-corrected chi connectivity index (χ4v) is 4.02. The molecule has 3 aromatic rings. The van der Waals surface area contributed by atoms with Crippen LogP contribution in [0.1, 0.15) is 22.3 Å². The number of rotatable bonds is 9. The summed E-state index contributed by atoms with van der Waals surface area (Å²) in [5.41, 5.74) is -0.671. The monoisotopic (exact) mass is 447 g/mol. The third kappa shape index (κ3) is 4.27. The molecular formula is C26H25NO6. The number of anilines is 1. The molecule has 4 rings (SSSR count). The average Bonchev–Trinajstić information content (AvgIpc) is 3.06. The van der Waals surface area contributed by atoms with E-state index in [1.54, 1.807) is 42.5 Å². The Bertz CT molecular complexity index is 1160. The van der Waals surface area contributed by atoms with Crippen molar-refractivity contribution in [3.8, 4) is 17.2 Å². The molecule has 0 spiro atoms. The number of ketones is 1. The highest BCUT2D eigenvalue weighted by molar-refractivity contribution is 6.10. The Labute approximate surface area is 192 Å². The Hall–Kier alpha value is -3.84. The lowest BCUT2D eigenvalue weighted by Crippen LogP contribution is -2.43. The molecule has 0 saturated heterocycles. The zero-order valence-corrected chi connectivity index (χ0v) is 18.5. The predicted octanol–water partition coefficient (Wildman–Crippen LogP) is 3.59. The van der Waals surface area contributed by atoms with Gasteiger partial charge in [0.05, 0.1) is 32.9 Å². The number of carbonyl (C=O) groups is 2. The van der Waals surface area contributed by atoms with Gasteiger partial charge < -0.3 is 24.2 Å².